The molecule has 1 aromatic heterocycles. The molecule has 23 heavy (non-hydrogen) atoms. The van der Waals surface area contributed by atoms with Gasteiger partial charge in [0.05, 0.1) is 6.04 Å². The summed E-state index contributed by atoms with van der Waals surface area (Å²) in [4.78, 5) is 18.6. The van der Waals surface area contributed by atoms with E-state index in [0.717, 1.165) is 13.1 Å². The van der Waals surface area contributed by atoms with Crippen LogP contribution in [-0.2, 0) is 0 Å². The molecule has 0 saturated heterocycles. The molecule has 0 aliphatic rings. The summed E-state index contributed by atoms with van der Waals surface area (Å²) < 4.78 is 0. The van der Waals surface area contributed by atoms with Crippen LogP contribution in [-0.4, -0.2) is 35.4 Å². The first-order valence-corrected chi connectivity index (χ1v) is 8.14. The molecule has 1 atom stereocenters. The number of likely N-dealkylation sites (N-methyl/N-ethyl adjacent to an activating group) is 1. The third kappa shape index (κ3) is 4.63. The van der Waals surface area contributed by atoms with Crippen LogP contribution in [0, 0.1) is 6.92 Å². The van der Waals surface area contributed by atoms with Gasteiger partial charge in [0.15, 0.2) is 0 Å². The molecule has 0 saturated carbocycles. The number of aromatic nitrogens is 1. The Morgan fingerprint density at radius 2 is 1.70 bits per heavy atom. The summed E-state index contributed by atoms with van der Waals surface area (Å²) in [5.41, 5.74) is 3.12. The molecule has 1 unspecified atom stereocenters. The van der Waals surface area contributed by atoms with E-state index in [1.54, 1.807) is 24.5 Å². The first-order valence-electron chi connectivity index (χ1n) is 8.14. The van der Waals surface area contributed by atoms with Gasteiger partial charge in [-0.3, -0.25) is 14.7 Å². The summed E-state index contributed by atoms with van der Waals surface area (Å²) in [7, 11) is 0. The fraction of sp³-hybridized carbons (Fsp3) is 0.368. The van der Waals surface area contributed by atoms with Crippen molar-refractivity contribution in [3.8, 4) is 0 Å². The Balaban J connectivity index is 2.11. The molecule has 0 aliphatic heterocycles. The predicted molar refractivity (Wildman–Crippen MR) is 93.4 cm³/mol. The lowest BCUT2D eigenvalue weighted by molar-refractivity contribution is 0.0935. The number of hydrogen-bond acceptors (Lipinski definition) is 3. The number of nitrogens with one attached hydrogen (secondary N) is 1. The molecular weight excluding hydrogens is 286 g/mol. The predicted octanol–water partition coefficient (Wildman–Crippen LogP) is 3.20. The van der Waals surface area contributed by atoms with E-state index in [1.165, 1.54) is 11.1 Å². The molecule has 0 radical (unpaired) electrons. The number of amides is 1. The molecule has 122 valence electrons. The van der Waals surface area contributed by atoms with Crippen LogP contribution < -0.4 is 5.32 Å². The van der Waals surface area contributed by atoms with Gasteiger partial charge < -0.3 is 5.32 Å². The molecule has 0 bridgehead atoms. The molecule has 2 aromatic rings. The molecule has 1 aromatic carbocycles. The smallest absolute Gasteiger partial charge is 0.251 e. The zero-order valence-electron chi connectivity index (χ0n) is 14.1. The van der Waals surface area contributed by atoms with Crippen LogP contribution in [0.25, 0.3) is 0 Å². The molecule has 1 heterocycles. The Kier molecular flexibility index (Phi) is 6.29. The zero-order valence-corrected chi connectivity index (χ0v) is 14.1. The molecule has 4 heteroatoms. The molecular formula is C19H25N3O. The van der Waals surface area contributed by atoms with Gasteiger partial charge in [0.25, 0.3) is 5.91 Å². The van der Waals surface area contributed by atoms with Gasteiger partial charge in [-0.1, -0.05) is 43.7 Å². The highest BCUT2D eigenvalue weighted by Gasteiger charge is 2.19. The second-order valence-corrected chi connectivity index (χ2v) is 5.59. The van der Waals surface area contributed by atoms with Crippen LogP contribution in [0.3, 0.4) is 0 Å². The summed E-state index contributed by atoms with van der Waals surface area (Å²) in [6, 6.07) is 12.2. The highest BCUT2D eigenvalue weighted by Crippen LogP contribution is 2.20. The summed E-state index contributed by atoms with van der Waals surface area (Å²) >= 11 is 0. The minimum absolute atomic E-state index is 0.0586. The minimum atomic E-state index is -0.0586. The van der Waals surface area contributed by atoms with E-state index in [4.69, 9.17) is 0 Å². The van der Waals surface area contributed by atoms with Gasteiger partial charge in [-0.05, 0) is 37.7 Å². The Morgan fingerprint density at radius 3 is 2.26 bits per heavy atom. The fourth-order valence-electron chi connectivity index (χ4n) is 2.71. The number of rotatable bonds is 7. The lowest BCUT2D eigenvalue weighted by Crippen LogP contribution is -2.38. The van der Waals surface area contributed by atoms with Crippen LogP contribution >= 0.6 is 0 Å². The Morgan fingerprint density at radius 1 is 1.09 bits per heavy atom. The maximum atomic E-state index is 12.3. The topological polar surface area (TPSA) is 45.2 Å². The summed E-state index contributed by atoms with van der Waals surface area (Å²) in [5.74, 6) is -0.0586. The number of aryl methyl sites for hydroxylation is 1. The number of hydrogen-bond donors (Lipinski definition) is 1. The van der Waals surface area contributed by atoms with Crippen molar-refractivity contribution in [2.24, 2.45) is 0 Å². The average Bonchev–Trinajstić information content (AvgIpc) is 2.60. The van der Waals surface area contributed by atoms with Crippen LogP contribution in [0.15, 0.2) is 48.8 Å². The SMILES string of the molecule is CCN(CC)C(CNC(=O)c1ccncc1)c1ccc(C)cc1. The van der Waals surface area contributed by atoms with E-state index in [1.807, 2.05) is 0 Å². The molecule has 0 aliphatic carbocycles. The number of carbonyl (C=O) groups excluding carboxylic acids is 1. The number of nitrogens with zero attached hydrogens (tertiary/aromatic N) is 2. The van der Waals surface area contributed by atoms with Crippen molar-refractivity contribution < 1.29 is 4.79 Å². The first kappa shape index (κ1) is 17.2. The van der Waals surface area contributed by atoms with E-state index in [9.17, 15) is 4.79 Å². The second kappa shape index (κ2) is 8.44. The van der Waals surface area contributed by atoms with Gasteiger partial charge in [0, 0.05) is 24.5 Å². The zero-order chi connectivity index (χ0) is 16.7. The van der Waals surface area contributed by atoms with Crippen LogP contribution in [0.1, 0.15) is 41.4 Å². The number of pyridine rings is 1. The van der Waals surface area contributed by atoms with E-state index >= 15 is 0 Å². The molecule has 0 fully saturated rings. The van der Waals surface area contributed by atoms with Crippen molar-refractivity contribution >= 4 is 5.91 Å². The van der Waals surface area contributed by atoms with Gasteiger partial charge in [0.2, 0.25) is 0 Å². The largest absolute Gasteiger partial charge is 0.350 e. The fourth-order valence-corrected chi connectivity index (χ4v) is 2.71. The molecule has 4 nitrogen and oxygen atoms in total. The molecule has 1 amide bonds. The normalized spacial score (nSPS) is 12.2. The van der Waals surface area contributed by atoms with Crippen molar-refractivity contribution in [2.75, 3.05) is 19.6 Å². The van der Waals surface area contributed by atoms with Gasteiger partial charge in [0.1, 0.15) is 0 Å². The Bertz CT molecular complexity index is 606. The van der Waals surface area contributed by atoms with Crippen LogP contribution in [0.4, 0.5) is 0 Å². The van der Waals surface area contributed by atoms with Crippen molar-refractivity contribution in [1.82, 2.24) is 15.2 Å². The van der Waals surface area contributed by atoms with Crippen molar-refractivity contribution in [2.45, 2.75) is 26.8 Å². The highest BCUT2D eigenvalue weighted by molar-refractivity contribution is 5.93. The van der Waals surface area contributed by atoms with Crippen molar-refractivity contribution in [1.29, 1.82) is 0 Å². The maximum Gasteiger partial charge on any atom is 0.251 e. The van der Waals surface area contributed by atoms with Crippen molar-refractivity contribution in [3.05, 3.63) is 65.5 Å². The van der Waals surface area contributed by atoms with E-state index in [0.29, 0.717) is 12.1 Å². The summed E-state index contributed by atoms with van der Waals surface area (Å²) in [6.07, 6.45) is 3.27. The third-order valence-electron chi connectivity index (χ3n) is 4.11. The molecule has 2 rings (SSSR count). The van der Waals surface area contributed by atoms with Crippen molar-refractivity contribution in [3.63, 3.8) is 0 Å². The van der Waals surface area contributed by atoms with Crippen LogP contribution in [0.5, 0.6) is 0 Å². The highest BCUT2D eigenvalue weighted by atomic mass is 16.1. The number of benzene rings is 1. The van der Waals surface area contributed by atoms with E-state index < -0.39 is 0 Å². The standard InChI is InChI=1S/C19H25N3O/c1-4-22(5-2)18(16-8-6-15(3)7-9-16)14-21-19(23)17-10-12-20-13-11-17/h6-13,18H,4-5,14H2,1-3H3,(H,21,23). The Labute approximate surface area is 138 Å². The van der Waals surface area contributed by atoms with E-state index in [-0.39, 0.29) is 11.9 Å². The third-order valence-corrected chi connectivity index (χ3v) is 4.11. The van der Waals surface area contributed by atoms with Gasteiger partial charge >= 0.3 is 0 Å². The van der Waals surface area contributed by atoms with Crippen LogP contribution in [0.2, 0.25) is 0 Å². The summed E-state index contributed by atoms with van der Waals surface area (Å²) in [6.45, 7) is 8.86. The van der Waals surface area contributed by atoms with Gasteiger partial charge in [-0.25, -0.2) is 0 Å². The first-order chi connectivity index (χ1) is 11.2. The molecule has 1 N–H and O–H groups in total. The average molecular weight is 311 g/mol. The second-order valence-electron chi connectivity index (χ2n) is 5.59. The monoisotopic (exact) mass is 311 g/mol. The minimum Gasteiger partial charge on any atom is -0.350 e. The van der Waals surface area contributed by atoms with Gasteiger partial charge in [-0.15, -0.1) is 0 Å². The summed E-state index contributed by atoms with van der Waals surface area (Å²) in [5, 5.41) is 3.05. The van der Waals surface area contributed by atoms with E-state index in [2.05, 4.69) is 60.2 Å². The quantitative estimate of drug-likeness (QED) is 0.854. The Hall–Kier alpha value is -2.20. The maximum absolute atomic E-state index is 12.3. The lowest BCUT2D eigenvalue weighted by Gasteiger charge is -2.30. The lowest BCUT2D eigenvalue weighted by atomic mass is 10.0. The molecule has 0 spiro atoms. The number of carbonyl (C=O) groups is 1. The van der Waals surface area contributed by atoms with Gasteiger partial charge in [-0.2, -0.15) is 0 Å².